The zero-order valence-electron chi connectivity index (χ0n) is 20.7. The fourth-order valence-corrected chi connectivity index (χ4v) is 4.16. The summed E-state index contributed by atoms with van der Waals surface area (Å²) in [5.41, 5.74) is 6.06. The standard InChI is InChI=1S/C26H29.C3H6.2ClH.Ti/c1-25(2,3)19-11-12-20-18(15-19)16-22-21(20)13-14-23(26(4,5)6)24(22)17-9-7-8-10-17;1-3-2;;;/h7-9,11-16H,10H2,1-6H3;1-2H3;2*1H;/q-1;;;;+2/p-2. The Morgan fingerprint density at radius 2 is 1.47 bits per heavy atom. The molecule has 0 saturated heterocycles. The molecular formula is C29H35Cl2Ti-. The first kappa shape index (κ1) is 29.0. The Bertz CT molecular complexity index is 1160. The van der Waals surface area contributed by atoms with E-state index < -0.39 is 0 Å². The van der Waals surface area contributed by atoms with Gasteiger partial charge in [-0.2, -0.15) is 0 Å². The normalized spacial score (nSPS) is 13.2. The fourth-order valence-electron chi connectivity index (χ4n) is 4.16. The maximum Gasteiger partial charge on any atom is -1.00 e. The molecule has 1 aliphatic carbocycles. The molecule has 0 fully saturated rings. The molecule has 1 aliphatic rings. The van der Waals surface area contributed by atoms with Crippen LogP contribution in [0.15, 0.2) is 54.6 Å². The van der Waals surface area contributed by atoms with Gasteiger partial charge in [-0.15, -0.1) is 33.7 Å². The Kier molecular flexibility index (Phi) is 9.89. The first-order chi connectivity index (χ1) is 13.9. The van der Waals surface area contributed by atoms with Crippen LogP contribution in [-0.2, 0) is 30.8 Å². The van der Waals surface area contributed by atoms with Gasteiger partial charge in [-0.3, -0.25) is 0 Å². The van der Waals surface area contributed by atoms with Crippen molar-refractivity contribution in [2.24, 2.45) is 0 Å². The second-order valence-electron chi connectivity index (χ2n) is 10.7. The third-order valence-corrected chi connectivity index (χ3v) is 5.65. The Labute approximate surface area is 218 Å². The van der Waals surface area contributed by atoms with Crippen LogP contribution < -0.4 is 24.8 Å². The van der Waals surface area contributed by atoms with E-state index in [0.29, 0.717) is 0 Å². The molecule has 0 unspecified atom stereocenters. The van der Waals surface area contributed by atoms with Gasteiger partial charge in [-0.05, 0) is 17.3 Å². The molecule has 4 rings (SSSR count). The van der Waals surface area contributed by atoms with Crippen LogP contribution in [0.5, 0.6) is 0 Å². The summed E-state index contributed by atoms with van der Waals surface area (Å²) in [4.78, 5) is 0. The molecule has 0 spiro atoms. The minimum Gasteiger partial charge on any atom is -1.00 e. The number of benzene rings is 2. The van der Waals surface area contributed by atoms with Gasteiger partial charge in [0.05, 0.1) is 0 Å². The van der Waals surface area contributed by atoms with Crippen molar-refractivity contribution in [2.75, 3.05) is 0 Å². The summed E-state index contributed by atoms with van der Waals surface area (Å²) in [6.07, 6.45) is 7.79. The molecule has 0 N–H and O–H groups in total. The molecule has 0 amide bonds. The van der Waals surface area contributed by atoms with Crippen molar-refractivity contribution < 1.29 is 44.8 Å². The summed E-state index contributed by atoms with van der Waals surface area (Å²) in [6.45, 7) is 18.0. The van der Waals surface area contributed by atoms with Crippen LogP contribution in [0.1, 0.15) is 78.5 Å². The van der Waals surface area contributed by atoms with Gasteiger partial charge in [0.1, 0.15) is 0 Å². The van der Waals surface area contributed by atoms with E-state index in [1.165, 1.54) is 47.6 Å². The van der Waals surface area contributed by atoms with E-state index in [4.69, 9.17) is 0 Å². The Balaban J connectivity index is 0.000000790. The van der Waals surface area contributed by atoms with E-state index in [2.05, 4.69) is 130 Å². The summed E-state index contributed by atoms with van der Waals surface area (Å²) in [5, 5.41) is 5.54. The maximum atomic E-state index is 2.42. The summed E-state index contributed by atoms with van der Waals surface area (Å²) in [6, 6.07) is 14.1. The summed E-state index contributed by atoms with van der Waals surface area (Å²) >= 11 is 2.08. The number of hydrogen-bond acceptors (Lipinski definition) is 0. The molecule has 0 atom stereocenters. The van der Waals surface area contributed by atoms with Gasteiger partial charge >= 0.3 is 37.6 Å². The zero-order valence-corrected chi connectivity index (χ0v) is 23.7. The predicted molar refractivity (Wildman–Crippen MR) is 133 cm³/mol. The van der Waals surface area contributed by atoms with Gasteiger partial charge in [0, 0.05) is 0 Å². The second-order valence-corrected chi connectivity index (χ2v) is 12.3. The van der Waals surface area contributed by atoms with Crippen molar-refractivity contribution >= 4 is 30.9 Å². The van der Waals surface area contributed by atoms with E-state index in [-0.39, 0.29) is 35.6 Å². The third-order valence-electron chi connectivity index (χ3n) is 5.65. The van der Waals surface area contributed by atoms with Gasteiger partial charge in [0.15, 0.2) is 0 Å². The van der Waals surface area contributed by atoms with Gasteiger partial charge < -0.3 is 24.8 Å². The first-order valence-corrected chi connectivity index (χ1v) is 11.7. The molecule has 0 bridgehead atoms. The molecule has 0 aliphatic heterocycles. The number of hydrogen-bond donors (Lipinski definition) is 0. The van der Waals surface area contributed by atoms with Crippen LogP contribution in [0.4, 0.5) is 0 Å². The van der Waals surface area contributed by atoms with Crippen molar-refractivity contribution in [1.29, 1.82) is 0 Å². The number of allylic oxidation sites excluding steroid dienone is 4. The number of fused-ring (bicyclic) bond motifs is 3. The SMILES string of the molecule is CC(C)(C)c1ccc2c(c1)[cH-]c1c(C3=CC=CC3)c(C(C)(C)C)ccc12.C[C](C)=[Ti+2].[Cl-].[Cl-]. The van der Waals surface area contributed by atoms with Crippen molar-refractivity contribution in [1.82, 2.24) is 0 Å². The summed E-state index contributed by atoms with van der Waals surface area (Å²) in [7, 11) is 0. The van der Waals surface area contributed by atoms with E-state index in [1.54, 1.807) is 0 Å². The van der Waals surface area contributed by atoms with Crippen molar-refractivity contribution in [3.63, 3.8) is 0 Å². The van der Waals surface area contributed by atoms with Gasteiger partial charge in [-0.1, -0.05) is 106 Å². The van der Waals surface area contributed by atoms with Crippen LogP contribution in [0.2, 0.25) is 0 Å². The predicted octanol–water partition coefficient (Wildman–Crippen LogP) is 2.40. The first-order valence-electron chi connectivity index (χ1n) is 10.9. The monoisotopic (exact) mass is 501 g/mol. The van der Waals surface area contributed by atoms with Crippen molar-refractivity contribution in [3.05, 3.63) is 71.3 Å². The Morgan fingerprint density at radius 3 is 1.97 bits per heavy atom. The maximum absolute atomic E-state index is 2.42. The minimum atomic E-state index is 0. The molecule has 0 nitrogen and oxygen atoms in total. The van der Waals surface area contributed by atoms with Gasteiger partial charge in [-0.25, -0.2) is 0 Å². The van der Waals surface area contributed by atoms with Gasteiger partial charge in [0.2, 0.25) is 0 Å². The van der Waals surface area contributed by atoms with Crippen molar-refractivity contribution in [2.45, 2.75) is 72.6 Å². The third kappa shape index (κ3) is 6.29. The van der Waals surface area contributed by atoms with E-state index in [0.717, 1.165) is 6.42 Å². The van der Waals surface area contributed by atoms with Crippen LogP contribution in [-0.4, -0.2) is 3.81 Å². The van der Waals surface area contributed by atoms with Crippen LogP contribution >= 0.6 is 0 Å². The van der Waals surface area contributed by atoms with E-state index >= 15 is 0 Å². The van der Waals surface area contributed by atoms with Crippen molar-refractivity contribution in [3.8, 4) is 0 Å². The molecule has 0 heterocycles. The molecule has 32 heavy (non-hydrogen) atoms. The van der Waals surface area contributed by atoms with Crippen LogP contribution in [0, 0.1) is 0 Å². The van der Waals surface area contributed by atoms with Gasteiger partial charge in [0.25, 0.3) is 0 Å². The topological polar surface area (TPSA) is 0 Å². The Morgan fingerprint density at radius 1 is 0.875 bits per heavy atom. The van der Waals surface area contributed by atoms with Crippen LogP contribution in [0.25, 0.3) is 27.1 Å². The van der Waals surface area contributed by atoms with E-state index in [9.17, 15) is 0 Å². The molecular weight excluding hydrogens is 467 g/mol. The Hall–Kier alpha value is -1.05. The number of rotatable bonds is 1. The number of halogens is 2. The smallest absolute Gasteiger partial charge is 1.00 e. The molecule has 0 aromatic heterocycles. The molecule has 3 heteroatoms. The summed E-state index contributed by atoms with van der Waals surface area (Å²) < 4.78 is 1.42. The molecule has 3 aromatic carbocycles. The molecule has 170 valence electrons. The quantitative estimate of drug-likeness (QED) is 0.355. The molecule has 0 radical (unpaired) electrons. The largest absolute Gasteiger partial charge is 1.00 e. The average molecular weight is 502 g/mol. The summed E-state index contributed by atoms with van der Waals surface area (Å²) in [5.74, 6) is 0. The van der Waals surface area contributed by atoms with Crippen LogP contribution in [0.3, 0.4) is 0 Å². The molecule has 3 aromatic rings. The minimum absolute atomic E-state index is 0. The molecule has 0 saturated carbocycles. The van der Waals surface area contributed by atoms with E-state index in [1.807, 2.05) is 0 Å². The fraction of sp³-hybridized carbons (Fsp3) is 0.379. The average Bonchev–Trinajstić information content (AvgIpc) is 3.25. The zero-order chi connectivity index (χ0) is 22.3. The second kappa shape index (κ2) is 10.9.